The van der Waals surface area contributed by atoms with Crippen LogP contribution in [0.25, 0.3) is 0 Å². The molecule has 0 aliphatic carbocycles. The summed E-state index contributed by atoms with van der Waals surface area (Å²) < 4.78 is 4.81. The van der Waals surface area contributed by atoms with E-state index in [0.29, 0.717) is 6.42 Å². The molecule has 1 aliphatic rings. The number of aryl methyl sites for hydroxylation is 1. The van der Waals surface area contributed by atoms with E-state index in [1.54, 1.807) is 0 Å². The summed E-state index contributed by atoms with van der Waals surface area (Å²) in [4.78, 5) is 14.1. The number of hydrogen-bond acceptors (Lipinski definition) is 4. The lowest BCUT2D eigenvalue weighted by atomic mass is 10.1. The van der Waals surface area contributed by atoms with Gasteiger partial charge in [0.1, 0.15) is 6.04 Å². The van der Waals surface area contributed by atoms with Crippen LogP contribution < -0.4 is 10.2 Å². The Morgan fingerprint density at radius 2 is 2.10 bits per heavy atom. The van der Waals surface area contributed by atoms with Gasteiger partial charge in [-0.15, -0.1) is 0 Å². The van der Waals surface area contributed by atoms with Gasteiger partial charge in [-0.3, -0.25) is 0 Å². The minimum Gasteiger partial charge on any atom is -0.467 e. The maximum atomic E-state index is 11.6. The lowest BCUT2D eigenvalue weighted by Crippen LogP contribution is -2.30. The van der Waals surface area contributed by atoms with Gasteiger partial charge in [0.2, 0.25) is 0 Å². The number of carbonyl (C=O) groups excluding carboxylic acids is 1. The van der Waals surface area contributed by atoms with Crippen molar-refractivity contribution in [2.75, 3.05) is 30.4 Å². The van der Waals surface area contributed by atoms with Gasteiger partial charge in [0.25, 0.3) is 0 Å². The second kappa shape index (κ2) is 6.64. The van der Waals surface area contributed by atoms with Crippen LogP contribution in [-0.2, 0) is 9.53 Å². The molecular weight excluding hydrogens is 252 g/mol. The highest BCUT2D eigenvalue weighted by Crippen LogP contribution is 2.26. The van der Waals surface area contributed by atoms with Crippen molar-refractivity contribution in [3.05, 3.63) is 23.8 Å². The van der Waals surface area contributed by atoms with Gasteiger partial charge in [0.15, 0.2) is 0 Å². The van der Waals surface area contributed by atoms with E-state index < -0.39 is 0 Å². The standard InChI is InChI=1S/C16H24N2O2/c1-4-14(16(19)20-3)17-15-8-7-13(11-12(15)2)18-9-5-6-10-18/h7-8,11,14,17H,4-6,9-10H2,1-3H3. The SMILES string of the molecule is CCC(Nc1ccc(N2CCCC2)cc1C)C(=O)OC. The first-order valence-electron chi connectivity index (χ1n) is 7.35. The first kappa shape index (κ1) is 14.7. The van der Waals surface area contributed by atoms with Crippen LogP contribution in [0.2, 0.25) is 0 Å². The summed E-state index contributed by atoms with van der Waals surface area (Å²) in [5.41, 5.74) is 3.44. The van der Waals surface area contributed by atoms with Crippen molar-refractivity contribution < 1.29 is 9.53 Å². The van der Waals surface area contributed by atoms with E-state index in [0.717, 1.165) is 24.3 Å². The highest BCUT2D eigenvalue weighted by molar-refractivity contribution is 5.79. The number of hydrogen-bond donors (Lipinski definition) is 1. The normalized spacial score (nSPS) is 16.1. The smallest absolute Gasteiger partial charge is 0.328 e. The molecule has 1 saturated heterocycles. The predicted molar refractivity (Wildman–Crippen MR) is 82.3 cm³/mol. The number of benzene rings is 1. The molecule has 0 saturated carbocycles. The summed E-state index contributed by atoms with van der Waals surface area (Å²) in [7, 11) is 1.43. The molecule has 0 amide bonds. The van der Waals surface area contributed by atoms with Crippen molar-refractivity contribution in [1.82, 2.24) is 0 Å². The van der Waals surface area contributed by atoms with Crippen molar-refractivity contribution >= 4 is 17.3 Å². The quantitative estimate of drug-likeness (QED) is 0.840. The third-order valence-corrected chi connectivity index (χ3v) is 3.90. The van der Waals surface area contributed by atoms with Crippen LogP contribution in [-0.4, -0.2) is 32.2 Å². The number of nitrogens with zero attached hydrogens (tertiary/aromatic N) is 1. The van der Waals surface area contributed by atoms with Crippen LogP contribution in [0.15, 0.2) is 18.2 Å². The van der Waals surface area contributed by atoms with Crippen LogP contribution in [0.3, 0.4) is 0 Å². The topological polar surface area (TPSA) is 41.6 Å². The molecule has 2 rings (SSSR count). The monoisotopic (exact) mass is 276 g/mol. The Hall–Kier alpha value is -1.71. The Bertz CT molecular complexity index is 468. The molecule has 0 bridgehead atoms. The maximum absolute atomic E-state index is 11.6. The van der Waals surface area contributed by atoms with Crippen molar-refractivity contribution in [3.8, 4) is 0 Å². The minimum absolute atomic E-state index is 0.212. The van der Waals surface area contributed by atoms with Gasteiger partial charge in [-0.2, -0.15) is 0 Å². The summed E-state index contributed by atoms with van der Waals surface area (Å²) in [5, 5.41) is 3.27. The van der Waals surface area contributed by atoms with Crippen LogP contribution in [0.5, 0.6) is 0 Å². The Kier molecular flexibility index (Phi) is 4.88. The Morgan fingerprint density at radius 3 is 2.65 bits per heavy atom. The number of nitrogens with one attached hydrogen (secondary N) is 1. The Morgan fingerprint density at radius 1 is 1.40 bits per heavy atom. The van der Waals surface area contributed by atoms with E-state index in [2.05, 4.69) is 35.3 Å². The summed E-state index contributed by atoms with van der Waals surface area (Å²) >= 11 is 0. The maximum Gasteiger partial charge on any atom is 0.328 e. The summed E-state index contributed by atoms with van der Waals surface area (Å²) in [6, 6.07) is 6.10. The lowest BCUT2D eigenvalue weighted by Gasteiger charge is -2.21. The fourth-order valence-electron chi connectivity index (χ4n) is 2.64. The second-order valence-corrected chi connectivity index (χ2v) is 5.32. The summed E-state index contributed by atoms with van der Waals surface area (Å²) in [5.74, 6) is -0.212. The van der Waals surface area contributed by atoms with Gasteiger partial charge in [0.05, 0.1) is 7.11 Å². The van der Waals surface area contributed by atoms with Gasteiger partial charge < -0.3 is 15.0 Å². The van der Waals surface area contributed by atoms with E-state index in [1.807, 2.05) is 6.92 Å². The number of carbonyl (C=O) groups is 1. The molecular formula is C16H24N2O2. The number of esters is 1. The molecule has 4 heteroatoms. The average Bonchev–Trinajstić information content (AvgIpc) is 2.99. The predicted octanol–water partition coefficient (Wildman–Crippen LogP) is 2.96. The Balaban J connectivity index is 2.10. The molecule has 0 radical (unpaired) electrons. The number of rotatable bonds is 5. The van der Waals surface area contributed by atoms with Crippen LogP contribution in [0, 0.1) is 6.92 Å². The molecule has 1 aromatic rings. The second-order valence-electron chi connectivity index (χ2n) is 5.32. The van der Waals surface area contributed by atoms with Gasteiger partial charge in [0, 0.05) is 24.5 Å². The number of anilines is 2. The van der Waals surface area contributed by atoms with Gasteiger partial charge in [-0.05, 0) is 49.9 Å². The fourth-order valence-corrected chi connectivity index (χ4v) is 2.64. The number of methoxy groups -OCH3 is 1. The zero-order valence-corrected chi connectivity index (χ0v) is 12.6. The van der Waals surface area contributed by atoms with Gasteiger partial charge >= 0.3 is 5.97 Å². The van der Waals surface area contributed by atoms with Gasteiger partial charge in [-0.1, -0.05) is 6.92 Å². The van der Waals surface area contributed by atoms with E-state index >= 15 is 0 Å². The highest BCUT2D eigenvalue weighted by Gasteiger charge is 2.18. The van der Waals surface area contributed by atoms with Crippen molar-refractivity contribution in [3.63, 3.8) is 0 Å². The fraction of sp³-hybridized carbons (Fsp3) is 0.562. The van der Waals surface area contributed by atoms with E-state index in [1.165, 1.54) is 25.6 Å². The molecule has 0 aromatic heterocycles. The van der Waals surface area contributed by atoms with Gasteiger partial charge in [-0.25, -0.2) is 4.79 Å². The summed E-state index contributed by atoms with van der Waals surface area (Å²) in [6.07, 6.45) is 3.26. The van der Waals surface area contributed by atoms with Crippen LogP contribution in [0.1, 0.15) is 31.7 Å². The van der Waals surface area contributed by atoms with Crippen molar-refractivity contribution in [1.29, 1.82) is 0 Å². The third-order valence-electron chi connectivity index (χ3n) is 3.90. The first-order valence-corrected chi connectivity index (χ1v) is 7.35. The van der Waals surface area contributed by atoms with E-state index in [4.69, 9.17) is 4.74 Å². The largest absolute Gasteiger partial charge is 0.467 e. The molecule has 1 unspecified atom stereocenters. The average molecular weight is 276 g/mol. The molecule has 1 aliphatic heterocycles. The van der Waals surface area contributed by atoms with Crippen LogP contribution >= 0.6 is 0 Å². The molecule has 20 heavy (non-hydrogen) atoms. The zero-order valence-electron chi connectivity index (χ0n) is 12.6. The molecule has 1 heterocycles. The molecule has 1 N–H and O–H groups in total. The highest BCUT2D eigenvalue weighted by atomic mass is 16.5. The third kappa shape index (κ3) is 3.24. The first-order chi connectivity index (χ1) is 9.65. The van der Waals surface area contributed by atoms with Crippen molar-refractivity contribution in [2.45, 2.75) is 39.2 Å². The molecule has 110 valence electrons. The molecule has 1 aromatic carbocycles. The molecule has 4 nitrogen and oxygen atoms in total. The molecule has 1 atom stereocenters. The van der Waals surface area contributed by atoms with E-state index in [9.17, 15) is 4.79 Å². The molecule has 1 fully saturated rings. The van der Waals surface area contributed by atoms with Crippen molar-refractivity contribution in [2.24, 2.45) is 0 Å². The number of ether oxygens (including phenoxy) is 1. The Labute approximate surface area is 121 Å². The molecule has 0 spiro atoms. The van der Waals surface area contributed by atoms with E-state index in [-0.39, 0.29) is 12.0 Å². The lowest BCUT2D eigenvalue weighted by molar-refractivity contribution is -0.141. The minimum atomic E-state index is -0.281. The summed E-state index contributed by atoms with van der Waals surface area (Å²) in [6.45, 7) is 6.34. The zero-order chi connectivity index (χ0) is 14.5. The van der Waals surface area contributed by atoms with Crippen LogP contribution in [0.4, 0.5) is 11.4 Å².